The average molecular weight is 552 g/mol. The molecule has 11 nitrogen and oxygen atoms in total. The molecule has 3 rings (SSSR count). The summed E-state index contributed by atoms with van der Waals surface area (Å²) < 4.78 is 82.8. The van der Waals surface area contributed by atoms with E-state index in [9.17, 15) is 37.7 Å². The zero-order chi connectivity index (χ0) is 28.4. The second kappa shape index (κ2) is 11.7. The lowest BCUT2D eigenvalue weighted by Gasteiger charge is -2.39. The SMILES string of the molecule is COC(=O)OC[C@H]1OC(Oc2nn(C(C)C)c(C(F)(F)F)c2Cc2ccc(OC)cc2F)[C@H](O)[C@@H](O)[C@@H]1O. The number of rotatable bonds is 8. The van der Waals surface area contributed by atoms with Crippen LogP contribution in [0.25, 0.3) is 0 Å². The Morgan fingerprint density at radius 2 is 1.84 bits per heavy atom. The predicted octanol–water partition coefficient (Wildman–Crippen LogP) is 2.19. The molecule has 1 aliphatic rings. The molecule has 3 N–H and O–H groups in total. The molecule has 1 fully saturated rings. The molecular weight excluding hydrogens is 524 g/mol. The van der Waals surface area contributed by atoms with E-state index in [1.165, 1.54) is 33.1 Å². The molecule has 0 spiro atoms. The molecule has 0 saturated carbocycles. The number of benzene rings is 1. The van der Waals surface area contributed by atoms with Crippen LogP contribution in [0.4, 0.5) is 22.4 Å². The summed E-state index contributed by atoms with van der Waals surface area (Å²) in [6.07, 6.45) is -15.6. The highest BCUT2D eigenvalue weighted by Gasteiger charge is 2.47. The van der Waals surface area contributed by atoms with E-state index in [-0.39, 0.29) is 11.3 Å². The number of carbonyl (C=O) groups is 1. The predicted molar refractivity (Wildman–Crippen MR) is 119 cm³/mol. The van der Waals surface area contributed by atoms with Crippen LogP contribution in [0.15, 0.2) is 18.2 Å². The van der Waals surface area contributed by atoms with Gasteiger partial charge in [-0.2, -0.15) is 13.2 Å². The summed E-state index contributed by atoms with van der Waals surface area (Å²) in [7, 11) is 2.33. The highest BCUT2D eigenvalue weighted by molar-refractivity contribution is 5.59. The Morgan fingerprint density at radius 3 is 2.39 bits per heavy atom. The molecule has 1 unspecified atom stereocenters. The Hall–Kier alpha value is -3.14. The summed E-state index contributed by atoms with van der Waals surface area (Å²) in [5, 5.41) is 34.8. The molecule has 5 atom stereocenters. The number of alkyl halides is 3. The van der Waals surface area contributed by atoms with Gasteiger partial charge in [-0.15, -0.1) is 5.10 Å². The molecule has 0 bridgehead atoms. The van der Waals surface area contributed by atoms with Crippen LogP contribution < -0.4 is 9.47 Å². The molecule has 212 valence electrons. The summed E-state index contributed by atoms with van der Waals surface area (Å²) in [6, 6.07) is 2.82. The smallest absolute Gasteiger partial charge is 0.497 e. The van der Waals surface area contributed by atoms with Crippen LogP contribution in [0.3, 0.4) is 0 Å². The van der Waals surface area contributed by atoms with Crippen molar-refractivity contribution in [2.45, 2.75) is 63.2 Å². The molecular formula is C23H28F4N2O9. The minimum Gasteiger partial charge on any atom is -0.497 e. The first-order valence-electron chi connectivity index (χ1n) is 11.4. The molecule has 1 aromatic heterocycles. The van der Waals surface area contributed by atoms with E-state index in [1.54, 1.807) is 0 Å². The van der Waals surface area contributed by atoms with Gasteiger partial charge in [-0.3, -0.25) is 4.68 Å². The molecule has 38 heavy (non-hydrogen) atoms. The summed E-state index contributed by atoms with van der Waals surface area (Å²) in [5.74, 6) is -1.34. The number of methoxy groups -OCH3 is 2. The van der Waals surface area contributed by atoms with Gasteiger partial charge in [0.2, 0.25) is 12.2 Å². The molecule has 0 aliphatic carbocycles. The van der Waals surface area contributed by atoms with Crippen molar-refractivity contribution in [1.29, 1.82) is 0 Å². The van der Waals surface area contributed by atoms with E-state index in [1.807, 2.05) is 0 Å². The van der Waals surface area contributed by atoms with E-state index < -0.39 is 85.1 Å². The Kier molecular flexibility index (Phi) is 9.07. The van der Waals surface area contributed by atoms with Gasteiger partial charge in [0, 0.05) is 18.5 Å². The zero-order valence-electron chi connectivity index (χ0n) is 20.8. The number of halogens is 4. The summed E-state index contributed by atoms with van der Waals surface area (Å²) in [6.45, 7) is 2.24. The van der Waals surface area contributed by atoms with E-state index in [4.69, 9.17) is 18.9 Å². The van der Waals surface area contributed by atoms with Crippen molar-refractivity contribution in [2.75, 3.05) is 20.8 Å². The number of ether oxygens (including phenoxy) is 5. The van der Waals surface area contributed by atoms with Crippen molar-refractivity contribution in [3.63, 3.8) is 0 Å². The van der Waals surface area contributed by atoms with Gasteiger partial charge < -0.3 is 39.0 Å². The van der Waals surface area contributed by atoms with Crippen molar-refractivity contribution >= 4 is 6.16 Å². The van der Waals surface area contributed by atoms with Crippen LogP contribution in [-0.2, 0) is 26.8 Å². The van der Waals surface area contributed by atoms with E-state index >= 15 is 0 Å². The van der Waals surface area contributed by atoms with Crippen molar-refractivity contribution in [3.8, 4) is 11.6 Å². The Balaban J connectivity index is 2.02. The third-order valence-corrected chi connectivity index (χ3v) is 5.79. The standard InChI is InChI=1S/C23H28F4N2O9/c1-10(2)29-19(23(25,26)27)13(7-11-5-6-12(34-3)8-14(11)24)20(28-29)38-21-18(32)17(31)16(30)15(37-21)9-36-22(33)35-4/h5-6,8,10,15-18,21,30-32H,7,9H2,1-4H3/t15-,16-,17+,18-,21?/m1/s1. The lowest BCUT2D eigenvalue weighted by atomic mass is 9.99. The number of aliphatic hydroxyl groups excluding tert-OH is 3. The van der Waals surface area contributed by atoms with Crippen LogP contribution in [-0.4, -0.2) is 82.8 Å². The molecule has 15 heteroatoms. The number of carbonyl (C=O) groups excluding carboxylic acids is 1. The van der Waals surface area contributed by atoms with E-state index in [2.05, 4.69) is 9.84 Å². The molecule has 0 amide bonds. The first-order valence-corrected chi connectivity index (χ1v) is 11.4. The minimum absolute atomic E-state index is 0.130. The maximum absolute atomic E-state index is 14.7. The highest BCUT2D eigenvalue weighted by atomic mass is 19.4. The van der Waals surface area contributed by atoms with Crippen molar-refractivity contribution < 1.29 is 61.4 Å². The Labute approximate surface area is 214 Å². The van der Waals surface area contributed by atoms with Crippen LogP contribution in [0.1, 0.15) is 36.7 Å². The zero-order valence-corrected chi connectivity index (χ0v) is 20.8. The second-order valence-corrected chi connectivity index (χ2v) is 8.70. The third kappa shape index (κ3) is 6.28. The van der Waals surface area contributed by atoms with Crippen molar-refractivity contribution in [3.05, 3.63) is 40.8 Å². The van der Waals surface area contributed by atoms with Crippen LogP contribution >= 0.6 is 0 Å². The Morgan fingerprint density at radius 1 is 1.16 bits per heavy atom. The van der Waals surface area contributed by atoms with Crippen LogP contribution in [0, 0.1) is 5.82 Å². The molecule has 2 aromatic rings. The second-order valence-electron chi connectivity index (χ2n) is 8.70. The molecule has 0 radical (unpaired) electrons. The number of hydrogen-bond donors (Lipinski definition) is 3. The van der Waals surface area contributed by atoms with Gasteiger partial charge in [-0.1, -0.05) is 6.07 Å². The maximum atomic E-state index is 14.7. The van der Waals surface area contributed by atoms with Crippen molar-refractivity contribution in [1.82, 2.24) is 9.78 Å². The largest absolute Gasteiger partial charge is 0.508 e. The fraction of sp³-hybridized carbons (Fsp3) is 0.565. The summed E-state index contributed by atoms with van der Waals surface area (Å²) in [4.78, 5) is 11.3. The number of aromatic nitrogens is 2. The first-order chi connectivity index (χ1) is 17.8. The fourth-order valence-corrected chi connectivity index (χ4v) is 3.84. The van der Waals surface area contributed by atoms with Gasteiger partial charge in [0.1, 0.15) is 48.3 Å². The van der Waals surface area contributed by atoms with Gasteiger partial charge in [0.05, 0.1) is 19.8 Å². The van der Waals surface area contributed by atoms with Gasteiger partial charge in [0.15, 0.2) is 0 Å². The maximum Gasteiger partial charge on any atom is 0.508 e. The van der Waals surface area contributed by atoms with Gasteiger partial charge in [-0.25, -0.2) is 9.18 Å². The highest BCUT2D eigenvalue weighted by Crippen LogP contribution is 2.40. The fourth-order valence-electron chi connectivity index (χ4n) is 3.84. The third-order valence-electron chi connectivity index (χ3n) is 5.79. The van der Waals surface area contributed by atoms with Gasteiger partial charge in [-0.05, 0) is 25.5 Å². The quantitative estimate of drug-likeness (QED) is 0.330. The minimum atomic E-state index is -4.93. The van der Waals surface area contributed by atoms with Gasteiger partial charge in [0.25, 0.3) is 0 Å². The first kappa shape index (κ1) is 29.4. The summed E-state index contributed by atoms with van der Waals surface area (Å²) >= 11 is 0. The topological polar surface area (TPSA) is 142 Å². The molecule has 2 heterocycles. The van der Waals surface area contributed by atoms with Gasteiger partial charge >= 0.3 is 12.3 Å². The number of hydrogen-bond acceptors (Lipinski definition) is 10. The van der Waals surface area contributed by atoms with Crippen LogP contribution in [0.5, 0.6) is 11.6 Å². The monoisotopic (exact) mass is 552 g/mol. The van der Waals surface area contributed by atoms with Crippen LogP contribution in [0.2, 0.25) is 0 Å². The number of nitrogens with zero attached hydrogens (tertiary/aromatic N) is 2. The number of aliphatic hydroxyl groups is 3. The molecule has 1 saturated heterocycles. The average Bonchev–Trinajstić information content (AvgIpc) is 3.23. The normalized spacial score (nSPS) is 23.8. The van der Waals surface area contributed by atoms with Crippen molar-refractivity contribution in [2.24, 2.45) is 0 Å². The van der Waals surface area contributed by atoms with E-state index in [0.29, 0.717) is 4.68 Å². The van der Waals surface area contributed by atoms with E-state index in [0.717, 1.165) is 13.2 Å². The lowest BCUT2D eigenvalue weighted by molar-refractivity contribution is -0.278. The molecule has 1 aliphatic heterocycles. The Bertz CT molecular complexity index is 1130. The lowest BCUT2D eigenvalue weighted by Crippen LogP contribution is -2.60. The molecule has 1 aromatic carbocycles. The summed E-state index contributed by atoms with van der Waals surface area (Å²) in [5.41, 5.74) is -1.91.